The Morgan fingerprint density at radius 3 is 2.52 bits per heavy atom. The van der Waals surface area contributed by atoms with E-state index in [9.17, 15) is 14.4 Å². The van der Waals surface area contributed by atoms with Crippen LogP contribution in [-0.4, -0.2) is 39.0 Å². The molecule has 1 amide bonds. The van der Waals surface area contributed by atoms with Gasteiger partial charge in [-0.2, -0.15) is 5.10 Å². The number of nitrogens with one attached hydrogen (secondary N) is 1. The van der Waals surface area contributed by atoms with Gasteiger partial charge in [-0.3, -0.25) is 9.59 Å². The molecule has 0 aliphatic rings. The van der Waals surface area contributed by atoms with Crippen molar-refractivity contribution in [2.75, 3.05) is 11.9 Å². The van der Waals surface area contributed by atoms with Gasteiger partial charge in [-0.05, 0) is 43.3 Å². The quantitative estimate of drug-likeness (QED) is 0.532. The summed E-state index contributed by atoms with van der Waals surface area (Å²) in [5.74, 6) is -1.22. The number of ketones is 1. The number of aromatic nitrogens is 3. The molecular weight excluding hydrogens is 348 g/mol. The number of benzene rings is 2. The van der Waals surface area contributed by atoms with Gasteiger partial charge >= 0.3 is 5.97 Å². The van der Waals surface area contributed by atoms with E-state index in [0.29, 0.717) is 16.8 Å². The summed E-state index contributed by atoms with van der Waals surface area (Å²) in [6.45, 7) is 1.00. The lowest BCUT2D eigenvalue weighted by atomic mass is 10.1. The van der Waals surface area contributed by atoms with E-state index in [0.717, 1.165) is 5.69 Å². The van der Waals surface area contributed by atoms with Crippen molar-refractivity contribution in [1.82, 2.24) is 14.8 Å². The van der Waals surface area contributed by atoms with Crippen LogP contribution in [0, 0.1) is 0 Å². The van der Waals surface area contributed by atoms with Crippen LogP contribution in [0.4, 0.5) is 5.69 Å². The highest BCUT2D eigenvalue weighted by Crippen LogP contribution is 2.12. The lowest BCUT2D eigenvalue weighted by Gasteiger charge is -2.08. The Hall–Kier alpha value is -3.81. The van der Waals surface area contributed by atoms with E-state index in [1.54, 1.807) is 59.5 Å². The summed E-state index contributed by atoms with van der Waals surface area (Å²) in [6, 6.07) is 13.1. The largest absolute Gasteiger partial charge is 0.452 e. The van der Waals surface area contributed by atoms with Crippen molar-refractivity contribution < 1.29 is 19.1 Å². The van der Waals surface area contributed by atoms with Crippen LogP contribution >= 0.6 is 0 Å². The molecule has 0 saturated carbocycles. The van der Waals surface area contributed by atoms with E-state index in [1.807, 2.05) is 0 Å². The van der Waals surface area contributed by atoms with Gasteiger partial charge < -0.3 is 10.1 Å². The minimum absolute atomic E-state index is 0.105. The Bertz CT molecular complexity index is 966. The van der Waals surface area contributed by atoms with E-state index in [1.165, 1.54) is 13.3 Å². The lowest BCUT2D eigenvalue weighted by molar-refractivity contribution is -0.119. The summed E-state index contributed by atoms with van der Waals surface area (Å²) in [7, 11) is 0. The number of rotatable bonds is 6. The Balaban J connectivity index is 1.55. The number of nitrogens with zero attached hydrogens (tertiary/aromatic N) is 3. The van der Waals surface area contributed by atoms with Gasteiger partial charge in [0.2, 0.25) is 0 Å². The first-order valence-corrected chi connectivity index (χ1v) is 8.06. The molecule has 0 radical (unpaired) electrons. The number of esters is 1. The van der Waals surface area contributed by atoms with Gasteiger partial charge in [0.05, 0.1) is 11.3 Å². The van der Waals surface area contributed by atoms with Gasteiger partial charge in [0.15, 0.2) is 12.4 Å². The van der Waals surface area contributed by atoms with Crippen LogP contribution < -0.4 is 5.32 Å². The highest BCUT2D eigenvalue weighted by Gasteiger charge is 2.11. The highest BCUT2D eigenvalue weighted by molar-refractivity contribution is 5.98. The van der Waals surface area contributed by atoms with Crippen LogP contribution in [0.2, 0.25) is 0 Å². The van der Waals surface area contributed by atoms with Gasteiger partial charge in [-0.15, -0.1) is 0 Å². The molecule has 0 spiro atoms. The Morgan fingerprint density at radius 2 is 1.85 bits per heavy atom. The molecule has 0 saturated heterocycles. The standard InChI is InChI=1S/C19H16N4O4/c1-13(24)15-3-2-4-16(9-15)22-18(25)10-27-19(26)14-5-7-17(8-6-14)23-12-20-11-21-23/h2-9,11-12H,10H2,1H3,(H,22,25). The summed E-state index contributed by atoms with van der Waals surface area (Å²) >= 11 is 0. The monoisotopic (exact) mass is 364 g/mol. The smallest absolute Gasteiger partial charge is 0.338 e. The van der Waals surface area contributed by atoms with Crippen LogP contribution in [0.3, 0.4) is 0 Å². The van der Waals surface area contributed by atoms with Gasteiger partial charge in [-0.25, -0.2) is 14.5 Å². The lowest BCUT2D eigenvalue weighted by Crippen LogP contribution is -2.21. The molecule has 27 heavy (non-hydrogen) atoms. The Kier molecular flexibility index (Phi) is 5.36. The van der Waals surface area contributed by atoms with Gasteiger partial charge in [0.25, 0.3) is 5.91 Å². The van der Waals surface area contributed by atoms with E-state index in [2.05, 4.69) is 15.4 Å². The zero-order valence-corrected chi connectivity index (χ0v) is 14.5. The topological polar surface area (TPSA) is 103 Å². The number of amides is 1. The highest BCUT2D eigenvalue weighted by atomic mass is 16.5. The third-order valence-corrected chi connectivity index (χ3v) is 3.67. The number of anilines is 1. The average molecular weight is 364 g/mol. The van der Waals surface area contributed by atoms with Crippen LogP contribution in [0.15, 0.2) is 61.2 Å². The van der Waals surface area contributed by atoms with Gasteiger partial charge in [-0.1, -0.05) is 12.1 Å². The number of Topliss-reactive ketones (excluding diaryl/α,β-unsaturated/α-hetero) is 1. The van der Waals surface area contributed by atoms with E-state index in [4.69, 9.17) is 4.74 Å². The third kappa shape index (κ3) is 4.63. The normalized spacial score (nSPS) is 10.3. The second-order valence-corrected chi connectivity index (χ2v) is 5.65. The summed E-state index contributed by atoms with van der Waals surface area (Å²) in [5.41, 5.74) is 2.00. The molecule has 0 fully saturated rings. The zero-order chi connectivity index (χ0) is 19.2. The van der Waals surface area contributed by atoms with Crippen LogP contribution in [0.25, 0.3) is 5.69 Å². The summed E-state index contributed by atoms with van der Waals surface area (Å²) in [4.78, 5) is 39.2. The minimum Gasteiger partial charge on any atom is -0.452 e. The van der Waals surface area contributed by atoms with Crippen molar-refractivity contribution in [3.8, 4) is 5.69 Å². The molecule has 1 N–H and O–H groups in total. The molecular formula is C19H16N4O4. The third-order valence-electron chi connectivity index (χ3n) is 3.67. The van der Waals surface area contributed by atoms with E-state index < -0.39 is 18.5 Å². The second-order valence-electron chi connectivity index (χ2n) is 5.65. The SMILES string of the molecule is CC(=O)c1cccc(NC(=O)COC(=O)c2ccc(-n3cncn3)cc2)c1. The molecule has 3 aromatic rings. The summed E-state index contributed by atoms with van der Waals surface area (Å²) in [5, 5.41) is 6.58. The van der Waals surface area contributed by atoms with Gasteiger partial charge in [0, 0.05) is 11.3 Å². The Labute approximate surface area is 154 Å². The first-order chi connectivity index (χ1) is 13.0. The fraction of sp³-hybridized carbons (Fsp3) is 0.105. The van der Waals surface area contributed by atoms with Crippen molar-refractivity contribution in [2.45, 2.75) is 6.92 Å². The maximum atomic E-state index is 12.1. The fourth-order valence-corrected chi connectivity index (χ4v) is 2.32. The second kappa shape index (κ2) is 8.05. The van der Waals surface area contributed by atoms with Crippen molar-refractivity contribution in [3.63, 3.8) is 0 Å². The molecule has 8 nitrogen and oxygen atoms in total. The van der Waals surface area contributed by atoms with Crippen LogP contribution in [0.1, 0.15) is 27.6 Å². The number of carbonyl (C=O) groups excluding carboxylic acids is 3. The maximum absolute atomic E-state index is 12.1. The van der Waals surface area contributed by atoms with Crippen LogP contribution in [-0.2, 0) is 9.53 Å². The predicted molar refractivity (Wildman–Crippen MR) is 96.7 cm³/mol. The molecule has 2 aromatic carbocycles. The van der Waals surface area contributed by atoms with Crippen molar-refractivity contribution in [1.29, 1.82) is 0 Å². The molecule has 0 bridgehead atoms. The summed E-state index contributed by atoms with van der Waals surface area (Å²) < 4.78 is 6.57. The number of hydrogen-bond acceptors (Lipinski definition) is 6. The van der Waals surface area contributed by atoms with Gasteiger partial charge in [0.1, 0.15) is 12.7 Å². The zero-order valence-electron chi connectivity index (χ0n) is 14.5. The van der Waals surface area contributed by atoms with Crippen molar-refractivity contribution in [3.05, 3.63) is 72.3 Å². The average Bonchev–Trinajstić information content (AvgIpc) is 3.21. The van der Waals surface area contributed by atoms with Crippen LogP contribution in [0.5, 0.6) is 0 Å². The van der Waals surface area contributed by atoms with E-state index >= 15 is 0 Å². The van der Waals surface area contributed by atoms with Crippen molar-refractivity contribution >= 4 is 23.3 Å². The maximum Gasteiger partial charge on any atom is 0.338 e. The molecule has 3 rings (SSSR count). The number of hydrogen-bond donors (Lipinski definition) is 1. The summed E-state index contributed by atoms with van der Waals surface area (Å²) in [6.07, 6.45) is 2.95. The predicted octanol–water partition coefficient (Wildman–Crippen LogP) is 2.27. The molecule has 1 aromatic heterocycles. The molecule has 0 unspecified atom stereocenters. The molecule has 8 heteroatoms. The molecule has 0 atom stereocenters. The number of carbonyl (C=O) groups is 3. The fourth-order valence-electron chi connectivity index (χ4n) is 2.32. The Morgan fingerprint density at radius 1 is 1.07 bits per heavy atom. The first-order valence-electron chi connectivity index (χ1n) is 8.06. The molecule has 1 heterocycles. The van der Waals surface area contributed by atoms with E-state index in [-0.39, 0.29) is 5.78 Å². The minimum atomic E-state index is -0.618. The molecule has 0 aliphatic carbocycles. The first kappa shape index (κ1) is 18.0. The van der Waals surface area contributed by atoms with Crippen molar-refractivity contribution in [2.24, 2.45) is 0 Å². The molecule has 136 valence electrons. The number of ether oxygens (including phenoxy) is 1. The molecule has 0 aliphatic heterocycles.